The van der Waals surface area contributed by atoms with Crippen molar-refractivity contribution in [1.82, 2.24) is 19.7 Å². The van der Waals surface area contributed by atoms with Gasteiger partial charge in [0.25, 0.3) is 0 Å². The summed E-state index contributed by atoms with van der Waals surface area (Å²) in [6.07, 6.45) is 2.85. The number of methoxy groups -OCH3 is 1. The minimum absolute atomic E-state index is 0.763. The molecule has 0 aliphatic heterocycles. The number of rotatable bonds is 9. The first-order chi connectivity index (χ1) is 13.6. The summed E-state index contributed by atoms with van der Waals surface area (Å²) in [6.45, 7) is 9.78. The minimum Gasteiger partial charge on any atom is -0.385 e. The molecule has 28 heavy (non-hydrogen) atoms. The molecule has 0 fully saturated rings. The second-order valence-electron chi connectivity index (χ2n) is 7.23. The van der Waals surface area contributed by atoms with Crippen molar-refractivity contribution in [1.29, 1.82) is 0 Å². The van der Waals surface area contributed by atoms with Crippen LogP contribution in [0.1, 0.15) is 34.6 Å². The van der Waals surface area contributed by atoms with Gasteiger partial charge >= 0.3 is 0 Å². The molecule has 0 saturated heterocycles. The Morgan fingerprint density at radius 1 is 1.00 bits per heavy atom. The fourth-order valence-electron chi connectivity index (χ4n) is 3.53. The van der Waals surface area contributed by atoms with Crippen molar-refractivity contribution < 1.29 is 4.74 Å². The van der Waals surface area contributed by atoms with E-state index in [1.54, 1.807) is 7.11 Å². The highest BCUT2D eigenvalue weighted by Gasteiger charge is 2.17. The van der Waals surface area contributed by atoms with Crippen LogP contribution in [0.2, 0.25) is 0 Å². The summed E-state index contributed by atoms with van der Waals surface area (Å²) in [4.78, 5) is 6.94. The maximum Gasteiger partial charge on any atom is 0.0678 e. The molecule has 0 aliphatic rings. The lowest BCUT2D eigenvalue weighted by atomic mass is 10.1. The van der Waals surface area contributed by atoms with Gasteiger partial charge in [-0.2, -0.15) is 5.10 Å². The minimum atomic E-state index is 0.763. The molecule has 5 heteroatoms. The summed E-state index contributed by atoms with van der Waals surface area (Å²) in [5, 5.41) is 4.85. The molecule has 0 unspecified atom stereocenters. The van der Waals surface area contributed by atoms with Gasteiger partial charge in [-0.15, -0.1) is 0 Å². The Hall–Kier alpha value is -2.50. The van der Waals surface area contributed by atoms with Crippen LogP contribution in [0.25, 0.3) is 5.69 Å². The summed E-state index contributed by atoms with van der Waals surface area (Å²) in [5.74, 6) is 0. The average Bonchev–Trinajstić information content (AvgIpc) is 2.97. The summed E-state index contributed by atoms with van der Waals surface area (Å²) >= 11 is 0. The fourth-order valence-corrected chi connectivity index (χ4v) is 3.53. The molecule has 3 aromatic rings. The lowest BCUT2D eigenvalue weighted by molar-refractivity contribution is 0.166. The smallest absolute Gasteiger partial charge is 0.0678 e. The first-order valence-electron chi connectivity index (χ1n) is 9.82. The molecule has 2 heterocycles. The summed E-state index contributed by atoms with van der Waals surface area (Å²) in [7, 11) is 1.75. The number of aryl methyl sites for hydroxylation is 2. The highest BCUT2D eigenvalue weighted by atomic mass is 16.5. The zero-order chi connectivity index (χ0) is 19.9. The number of pyridine rings is 1. The normalized spacial score (nSPS) is 11.3. The summed E-state index contributed by atoms with van der Waals surface area (Å²) < 4.78 is 7.33. The molecule has 0 radical (unpaired) electrons. The zero-order valence-electron chi connectivity index (χ0n) is 17.4. The van der Waals surface area contributed by atoms with Gasteiger partial charge in [-0.25, -0.2) is 4.68 Å². The molecule has 0 atom stereocenters. The number of benzene rings is 1. The maximum atomic E-state index is 5.26. The molecule has 0 saturated carbocycles. The summed E-state index contributed by atoms with van der Waals surface area (Å²) in [5.41, 5.74) is 7.02. The van der Waals surface area contributed by atoms with Gasteiger partial charge in [0.05, 0.1) is 17.1 Å². The maximum absolute atomic E-state index is 5.26. The van der Waals surface area contributed by atoms with Crippen LogP contribution in [0, 0.1) is 20.8 Å². The number of hydrogen-bond donors (Lipinski definition) is 0. The number of nitrogens with zero attached hydrogens (tertiary/aromatic N) is 4. The van der Waals surface area contributed by atoms with Crippen molar-refractivity contribution in [3.63, 3.8) is 0 Å². The number of aromatic nitrogens is 3. The van der Waals surface area contributed by atoms with E-state index in [9.17, 15) is 0 Å². The molecule has 1 aromatic carbocycles. The third-order valence-corrected chi connectivity index (χ3v) is 5.10. The van der Waals surface area contributed by atoms with E-state index >= 15 is 0 Å². The van der Waals surface area contributed by atoms with Gasteiger partial charge in [-0.05, 0) is 51.0 Å². The third kappa shape index (κ3) is 4.86. The Bertz CT molecular complexity index is 889. The van der Waals surface area contributed by atoms with Crippen molar-refractivity contribution >= 4 is 0 Å². The van der Waals surface area contributed by atoms with E-state index in [2.05, 4.69) is 65.7 Å². The van der Waals surface area contributed by atoms with Gasteiger partial charge in [-0.3, -0.25) is 9.88 Å². The molecule has 0 aliphatic carbocycles. The van der Waals surface area contributed by atoms with Crippen LogP contribution in [-0.4, -0.2) is 39.9 Å². The van der Waals surface area contributed by atoms with Crippen molar-refractivity contribution in [3.05, 3.63) is 76.9 Å². The van der Waals surface area contributed by atoms with E-state index in [1.165, 1.54) is 16.8 Å². The van der Waals surface area contributed by atoms with Crippen LogP contribution >= 0.6 is 0 Å². The molecular formula is C23H30N4O. The first kappa shape index (κ1) is 20.2. The fraction of sp³-hybridized carbons (Fsp3) is 0.391. The quantitative estimate of drug-likeness (QED) is 0.523. The van der Waals surface area contributed by atoms with Crippen molar-refractivity contribution in [2.24, 2.45) is 0 Å². The Morgan fingerprint density at radius 2 is 1.79 bits per heavy atom. The van der Waals surface area contributed by atoms with Gasteiger partial charge in [0.15, 0.2) is 0 Å². The van der Waals surface area contributed by atoms with E-state index in [-0.39, 0.29) is 0 Å². The monoisotopic (exact) mass is 378 g/mol. The molecule has 0 amide bonds. The van der Waals surface area contributed by atoms with E-state index in [4.69, 9.17) is 9.84 Å². The molecule has 3 rings (SSSR count). The van der Waals surface area contributed by atoms with Crippen LogP contribution in [0.4, 0.5) is 0 Å². The Morgan fingerprint density at radius 3 is 2.50 bits per heavy atom. The lowest BCUT2D eigenvalue weighted by Crippen LogP contribution is -2.26. The number of hydrogen-bond acceptors (Lipinski definition) is 4. The SMILES string of the molecule is COCCCN(Cc1ccccn1)Cc1c(C)nn(-c2ccccc2C)c1C. The lowest BCUT2D eigenvalue weighted by Gasteiger charge is -2.22. The Balaban J connectivity index is 1.84. The van der Waals surface area contributed by atoms with Gasteiger partial charge in [0, 0.05) is 50.8 Å². The molecule has 5 nitrogen and oxygen atoms in total. The second kappa shape index (κ2) is 9.62. The predicted molar refractivity (Wildman–Crippen MR) is 113 cm³/mol. The molecule has 0 bridgehead atoms. The van der Waals surface area contributed by atoms with Gasteiger partial charge in [0.2, 0.25) is 0 Å². The predicted octanol–water partition coefficient (Wildman–Crippen LogP) is 4.23. The Kier molecular flexibility index (Phi) is 6.95. The van der Waals surface area contributed by atoms with Gasteiger partial charge in [0.1, 0.15) is 0 Å². The van der Waals surface area contributed by atoms with Crippen LogP contribution < -0.4 is 0 Å². The van der Waals surface area contributed by atoms with Crippen molar-refractivity contribution in [3.8, 4) is 5.69 Å². The van der Waals surface area contributed by atoms with Crippen molar-refractivity contribution in [2.75, 3.05) is 20.3 Å². The molecule has 0 N–H and O–H groups in total. The largest absolute Gasteiger partial charge is 0.385 e. The van der Waals surface area contributed by atoms with Crippen molar-refractivity contribution in [2.45, 2.75) is 40.3 Å². The highest BCUT2D eigenvalue weighted by Crippen LogP contribution is 2.22. The van der Waals surface area contributed by atoms with Crippen LogP contribution in [0.3, 0.4) is 0 Å². The molecular weight excluding hydrogens is 348 g/mol. The standard InChI is InChI=1S/C23H30N4O/c1-18-10-5-6-12-23(18)27-20(3)22(19(2)25-27)17-26(14-9-15-28-4)16-21-11-7-8-13-24-21/h5-8,10-13H,9,14-17H2,1-4H3. The molecule has 0 spiro atoms. The number of ether oxygens (including phenoxy) is 1. The van der Waals surface area contributed by atoms with Crippen LogP contribution in [-0.2, 0) is 17.8 Å². The first-order valence-corrected chi connectivity index (χ1v) is 9.82. The molecule has 2 aromatic heterocycles. The molecule has 148 valence electrons. The topological polar surface area (TPSA) is 43.2 Å². The van der Waals surface area contributed by atoms with E-state index in [0.717, 1.165) is 49.7 Å². The number of para-hydroxylation sites is 1. The third-order valence-electron chi connectivity index (χ3n) is 5.10. The zero-order valence-corrected chi connectivity index (χ0v) is 17.4. The Labute approximate surface area is 168 Å². The average molecular weight is 379 g/mol. The van der Waals surface area contributed by atoms with Crippen LogP contribution in [0.15, 0.2) is 48.7 Å². The van der Waals surface area contributed by atoms with Gasteiger partial charge in [-0.1, -0.05) is 24.3 Å². The van der Waals surface area contributed by atoms with E-state index in [1.807, 2.05) is 18.3 Å². The van der Waals surface area contributed by atoms with Crippen LogP contribution in [0.5, 0.6) is 0 Å². The summed E-state index contributed by atoms with van der Waals surface area (Å²) in [6, 6.07) is 14.5. The highest BCUT2D eigenvalue weighted by molar-refractivity contribution is 5.42. The van der Waals surface area contributed by atoms with E-state index < -0.39 is 0 Å². The van der Waals surface area contributed by atoms with Gasteiger partial charge < -0.3 is 4.74 Å². The second-order valence-corrected chi connectivity index (χ2v) is 7.23. The van der Waals surface area contributed by atoms with E-state index in [0.29, 0.717) is 0 Å².